The molecule has 1 atom stereocenters. The Morgan fingerprint density at radius 2 is 1.89 bits per heavy atom. The number of aromatic nitrogens is 2. The van der Waals surface area contributed by atoms with Gasteiger partial charge < -0.3 is 10.6 Å². The summed E-state index contributed by atoms with van der Waals surface area (Å²) in [5.74, 6) is -2.55. The number of amides is 2. The van der Waals surface area contributed by atoms with E-state index in [1.54, 1.807) is 6.07 Å². The van der Waals surface area contributed by atoms with Crippen LogP contribution >= 0.6 is 0 Å². The minimum absolute atomic E-state index is 0.0990. The number of hydrogen-bond acceptors (Lipinski definition) is 3. The standard InChI is InChI=1S/C19H14F2N4O2/c20-13-7-6-12(8-14(13)21)22-19(27)16-10-18(26)23-17-9-15(24-25(16)17)11-4-2-1-3-5-11/h1-9,16H,10H2,(H,22,27)(H,23,26)/t16-/m1/s1. The van der Waals surface area contributed by atoms with Crippen LogP contribution in [0.4, 0.5) is 20.3 Å². The van der Waals surface area contributed by atoms with Crippen molar-refractivity contribution in [3.8, 4) is 11.3 Å². The highest BCUT2D eigenvalue weighted by atomic mass is 19.2. The molecule has 0 unspecified atom stereocenters. The molecule has 4 rings (SSSR count). The molecule has 0 spiro atoms. The van der Waals surface area contributed by atoms with E-state index in [1.165, 1.54) is 10.7 Å². The average Bonchev–Trinajstić information content (AvgIpc) is 3.08. The Morgan fingerprint density at radius 1 is 1.11 bits per heavy atom. The summed E-state index contributed by atoms with van der Waals surface area (Å²) in [6.45, 7) is 0. The molecule has 2 amide bonds. The summed E-state index contributed by atoms with van der Waals surface area (Å²) in [6, 6.07) is 13.2. The monoisotopic (exact) mass is 368 g/mol. The molecule has 0 saturated heterocycles. The molecule has 0 radical (unpaired) electrons. The molecule has 2 heterocycles. The van der Waals surface area contributed by atoms with E-state index in [-0.39, 0.29) is 18.0 Å². The Labute approximate surface area is 152 Å². The number of anilines is 2. The molecule has 0 aliphatic carbocycles. The molecule has 0 bridgehead atoms. The summed E-state index contributed by atoms with van der Waals surface area (Å²) >= 11 is 0. The molecule has 1 aromatic heterocycles. The molecule has 2 aromatic carbocycles. The highest BCUT2D eigenvalue weighted by molar-refractivity contribution is 6.01. The maximum atomic E-state index is 13.4. The highest BCUT2D eigenvalue weighted by Gasteiger charge is 2.32. The number of hydrogen-bond donors (Lipinski definition) is 2. The fraction of sp³-hybridized carbons (Fsp3) is 0.105. The van der Waals surface area contributed by atoms with Crippen molar-refractivity contribution in [3.05, 3.63) is 66.2 Å². The Balaban J connectivity index is 1.64. The largest absolute Gasteiger partial charge is 0.324 e. The van der Waals surface area contributed by atoms with Gasteiger partial charge in [0.15, 0.2) is 11.6 Å². The zero-order chi connectivity index (χ0) is 19.0. The molecule has 1 aliphatic rings. The molecule has 0 fully saturated rings. The maximum Gasteiger partial charge on any atom is 0.249 e. The summed E-state index contributed by atoms with van der Waals surface area (Å²) in [6.07, 6.45) is -0.113. The molecule has 136 valence electrons. The van der Waals surface area contributed by atoms with E-state index in [0.29, 0.717) is 11.5 Å². The Bertz CT molecular complexity index is 1030. The van der Waals surface area contributed by atoms with Gasteiger partial charge in [0.2, 0.25) is 11.8 Å². The van der Waals surface area contributed by atoms with Crippen molar-refractivity contribution in [3.63, 3.8) is 0 Å². The number of nitrogens with one attached hydrogen (secondary N) is 2. The lowest BCUT2D eigenvalue weighted by Crippen LogP contribution is -2.35. The number of rotatable bonds is 3. The van der Waals surface area contributed by atoms with Crippen LogP contribution in [0.25, 0.3) is 11.3 Å². The lowest BCUT2D eigenvalue weighted by molar-refractivity contribution is -0.125. The molecule has 0 saturated carbocycles. The van der Waals surface area contributed by atoms with Crippen molar-refractivity contribution >= 4 is 23.3 Å². The molecule has 6 nitrogen and oxygen atoms in total. The predicted molar refractivity (Wildman–Crippen MR) is 94.9 cm³/mol. The van der Waals surface area contributed by atoms with Crippen molar-refractivity contribution in [2.75, 3.05) is 10.6 Å². The molecule has 1 aliphatic heterocycles. The lowest BCUT2D eigenvalue weighted by Gasteiger charge is -2.23. The lowest BCUT2D eigenvalue weighted by atomic mass is 10.1. The van der Waals surface area contributed by atoms with Gasteiger partial charge in [0.25, 0.3) is 0 Å². The smallest absolute Gasteiger partial charge is 0.249 e. The second kappa shape index (κ2) is 6.64. The molecule has 3 aromatic rings. The maximum absolute atomic E-state index is 13.4. The number of fused-ring (bicyclic) bond motifs is 1. The van der Waals surface area contributed by atoms with Crippen molar-refractivity contribution < 1.29 is 18.4 Å². The van der Waals surface area contributed by atoms with Gasteiger partial charge in [-0.15, -0.1) is 0 Å². The topological polar surface area (TPSA) is 76.0 Å². The highest BCUT2D eigenvalue weighted by Crippen LogP contribution is 2.30. The van der Waals surface area contributed by atoms with Gasteiger partial charge in [0, 0.05) is 23.4 Å². The molecular formula is C19H14F2N4O2. The third-order valence-electron chi connectivity index (χ3n) is 4.24. The SMILES string of the molecule is O=C1C[C@H](C(=O)Nc2ccc(F)c(F)c2)n2nc(-c3ccccc3)cc2N1. The van der Waals surface area contributed by atoms with Gasteiger partial charge in [0.05, 0.1) is 12.1 Å². The zero-order valence-corrected chi connectivity index (χ0v) is 13.9. The van der Waals surface area contributed by atoms with E-state index in [4.69, 9.17) is 0 Å². The van der Waals surface area contributed by atoms with Crippen LogP contribution in [-0.4, -0.2) is 21.6 Å². The van der Waals surface area contributed by atoms with E-state index < -0.39 is 23.6 Å². The first-order chi connectivity index (χ1) is 13.0. The van der Waals surface area contributed by atoms with Crippen LogP contribution in [0.3, 0.4) is 0 Å². The Hall–Kier alpha value is -3.55. The van der Waals surface area contributed by atoms with Gasteiger partial charge in [0.1, 0.15) is 11.9 Å². The Kier molecular flexibility index (Phi) is 4.15. The zero-order valence-electron chi connectivity index (χ0n) is 13.9. The van der Waals surface area contributed by atoms with Crippen LogP contribution in [0.5, 0.6) is 0 Å². The number of carbonyl (C=O) groups is 2. The molecule has 8 heteroatoms. The fourth-order valence-electron chi connectivity index (χ4n) is 2.93. The fourth-order valence-corrected chi connectivity index (χ4v) is 2.93. The normalized spacial score (nSPS) is 15.8. The van der Waals surface area contributed by atoms with Crippen LogP contribution in [-0.2, 0) is 9.59 Å². The van der Waals surface area contributed by atoms with Gasteiger partial charge in [-0.25, -0.2) is 13.5 Å². The summed E-state index contributed by atoms with van der Waals surface area (Å²) in [5.41, 5.74) is 1.55. The second-order valence-electron chi connectivity index (χ2n) is 6.11. The van der Waals surface area contributed by atoms with Gasteiger partial charge in [-0.05, 0) is 12.1 Å². The van der Waals surface area contributed by atoms with Crippen LogP contribution in [0, 0.1) is 11.6 Å². The van der Waals surface area contributed by atoms with Crippen LogP contribution < -0.4 is 10.6 Å². The van der Waals surface area contributed by atoms with Gasteiger partial charge in [-0.1, -0.05) is 30.3 Å². The minimum Gasteiger partial charge on any atom is -0.324 e. The summed E-state index contributed by atoms with van der Waals surface area (Å²) < 4.78 is 27.8. The predicted octanol–water partition coefficient (Wildman–Crippen LogP) is 3.35. The van der Waals surface area contributed by atoms with E-state index in [0.717, 1.165) is 17.7 Å². The first-order valence-electron chi connectivity index (χ1n) is 8.22. The minimum atomic E-state index is -1.07. The first kappa shape index (κ1) is 16.9. The number of halogens is 2. The third kappa shape index (κ3) is 3.29. The quantitative estimate of drug-likeness (QED) is 0.744. The first-order valence-corrected chi connectivity index (χ1v) is 8.22. The molecule has 27 heavy (non-hydrogen) atoms. The number of carbonyl (C=O) groups excluding carboxylic acids is 2. The van der Waals surface area contributed by atoms with Crippen molar-refractivity contribution in [1.82, 2.24) is 9.78 Å². The van der Waals surface area contributed by atoms with Crippen molar-refractivity contribution in [2.24, 2.45) is 0 Å². The average molecular weight is 368 g/mol. The van der Waals surface area contributed by atoms with E-state index >= 15 is 0 Å². The van der Waals surface area contributed by atoms with Crippen LogP contribution in [0.1, 0.15) is 12.5 Å². The van der Waals surface area contributed by atoms with Gasteiger partial charge >= 0.3 is 0 Å². The Morgan fingerprint density at radius 3 is 2.63 bits per heavy atom. The van der Waals surface area contributed by atoms with E-state index in [1.807, 2.05) is 30.3 Å². The van der Waals surface area contributed by atoms with Crippen molar-refractivity contribution in [2.45, 2.75) is 12.5 Å². The number of nitrogens with zero attached hydrogens (tertiary/aromatic N) is 2. The van der Waals surface area contributed by atoms with E-state index in [2.05, 4.69) is 15.7 Å². The van der Waals surface area contributed by atoms with E-state index in [9.17, 15) is 18.4 Å². The van der Waals surface area contributed by atoms with Gasteiger partial charge in [-0.3, -0.25) is 9.59 Å². The van der Waals surface area contributed by atoms with Crippen LogP contribution in [0.2, 0.25) is 0 Å². The summed E-state index contributed by atoms with van der Waals surface area (Å²) in [7, 11) is 0. The third-order valence-corrected chi connectivity index (χ3v) is 4.24. The summed E-state index contributed by atoms with van der Waals surface area (Å²) in [4.78, 5) is 24.6. The molecule has 2 N–H and O–H groups in total. The second-order valence-corrected chi connectivity index (χ2v) is 6.11. The van der Waals surface area contributed by atoms with Crippen LogP contribution in [0.15, 0.2) is 54.6 Å². The molecular weight excluding hydrogens is 354 g/mol. The van der Waals surface area contributed by atoms with Crippen molar-refractivity contribution in [1.29, 1.82) is 0 Å². The summed E-state index contributed by atoms with van der Waals surface area (Å²) in [5, 5.41) is 9.63. The van der Waals surface area contributed by atoms with Gasteiger partial charge in [-0.2, -0.15) is 5.10 Å². The number of benzene rings is 2.